The van der Waals surface area contributed by atoms with Gasteiger partial charge >= 0.3 is 0 Å². The summed E-state index contributed by atoms with van der Waals surface area (Å²) in [5.41, 5.74) is 6.40. The fourth-order valence-electron chi connectivity index (χ4n) is 2.21. The van der Waals surface area contributed by atoms with Crippen LogP contribution in [-0.4, -0.2) is 27.0 Å². The maximum atomic E-state index is 14.0. The SMILES string of the molecule is CNNC(C)c1nnc(Nc2ccn(Cc3cccc(Cl)c3F)n2)s1. The lowest BCUT2D eigenvalue weighted by atomic mass is 10.2. The molecule has 3 aromatic rings. The van der Waals surface area contributed by atoms with Crippen molar-refractivity contribution in [3.8, 4) is 0 Å². The zero-order valence-electron chi connectivity index (χ0n) is 13.6. The van der Waals surface area contributed by atoms with E-state index in [0.29, 0.717) is 23.1 Å². The van der Waals surface area contributed by atoms with Gasteiger partial charge in [0.15, 0.2) is 5.82 Å². The number of halogens is 2. The molecule has 1 atom stereocenters. The molecule has 0 radical (unpaired) electrons. The number of nitrogens with one attached hydrogen (secondary N) is 3. The van der Waals surface area contributed by atoms with Gasteiger partial charge < -0.3 is 5.32 Å². The summed E-state index contributed by atoms with van der Waals surface area (Å²) in [6, 6.07) is 6.75. The third kappa shape index (κ3) is 4.31. The first kappa shape index (κ1) is 17.7. The Kier molecular flexibility index (Phi) is 5.59. The van der Waals surface area contributed by atoms with Crippen molar-refractivity contribution >= 4 is 33.9 Å². The Balaban J connectivity index is 1.67. The Bertz CT molecular complexity index is 850. The minimum Gasteiger partial charge on any atom is -0.313 e. The predicted octanol–water partition coefficient (Wildman–Crippen LogP) is 3.10. The monoisotopic (exact) mass is 381 g/mol. The average molecular weight is 382 g/mol. The summed E-state index contributed by atoms with van der Waals surface area (Å²) >= 11 is 7.23. The van der Waals surface area contributed by atoms with Crippen molar-refractivity contribution in [2.45, 2.75) is 19.5 Å². The molecule has 0 saturated carbocycles. The van der Waals surface area contributed by atoms with Crippen molar-refractivity contribution < 1.29 is 4.39 Å². The van der Waals surface area contributed by atoms with Crippen LogP contribution in [0.4, 0.5) is 15.3 Å². The van der Waals surface area contributed by atoms with E-state index in [1.807, 2.05) is 6.92 Å². The largest absolute Gasteiger partial charge is 0.313 e. The van der Waals surface area contributed by atoms with E-state index in [4.69, 9.17) is 11.6 Å². The molecule has 0 aliphatic carbocycles. The fraction of sp³-hybridized carbons (Fsp3) is 0.267. The van der Waals surface area contributed by atoms with Crippen molar-refractivity contribution in [2.24, 2.45) is 0 Å². The lowest BCUT2D eigenvalue weighted by molar-refractivity contribution is 0.501. The summed E-state index contributed by atoms with van der Waals surface area (Å²) in [5, 5.41) is 17.3. The van der Waals surface area contributed by atoms with Crippen molar-refractivity contribution in [3.05, 3.63) is 51.9 Å². The Morgan fingerprint density at radius 2 is 2.16 bits per heavy atom. The smallest absolute Gasteiger partial charge is 0.211 e. The molecule has 25 heavy (non-hydrogen) atoms. The van der Waals surface area contributed by atoms with Gasteiger partial charge in [0.2, 0.25) is 5.13 Å². The molecule has 3 N–H and O–H groups in total. The molecular formula is C15H17ClFN7S. The van der Waals surface area contributed by atoms with Crippen LogP contribution in [-0.2, 0) is 6.54 Å². The Morgan fingerprint density at radius 3 is 2.96 bits per heavy atom. The lowest BCUT2D eigenvalue weighted by Gasteiger charge is -2.07. The van der Waals surface area contributed by atoms with Crippen LogP contribution in [0.1, 0.15) is 23.5 Å². The highest BCUT2D eigenvalue weighted by molar-refractivity contribution is 7.15. The molecular weight excluding hydrogens is 365 g/mol. The number of benzene rings is 1. The lowest BCUT2D eigenvalue weighted by Crippen LogP contribution is -2.30. The van der Waals surface area contributed by atoms with Crippen LogP contribution in [0.2, 0.25) is 5.02 Å². The maximum absolute atomic E-state index is 14.0. The van der Waals surface area contributed by atoms with Crippen LogP contribution >= 0.6 is 22.9 Å². The Labute approximate surface area is 153 Å². The maximum Gasteiger partial charge on any atom is 0.211 e. The molecule has 7 nitrogen and oxygen atoms in total. The number of anilines is 2. The van der Waals surface area contributed by atoms with Crippen molar-refractivity contribution in [3.63, 3.8) is 0 Å². The Hall–Kier alpha value is -2.07. The number of hydrogen-bond acceptors (Lipinski definition) is 7. The number of aromatic nitrogens is 4. The van der Waals surface area contributed by atoms with E-state index in [1.165, 1.54) is 17.4 Å². The van der Waals surface area contributed by atoms with Gasteiger partial charge in [-0.25, -0.2) is 9.82 Å². The molecule has 0 amide bonds. The number of nitrogens with zero attached hydrogens (tertiary/aromatic N) is 4. The van der Waals surface area contributed by atoms with Gasteiger partial charge in [-0.15, -0.1) is 10.2 Å². The van der Waals surface area contributed by atoms with Gasteiger partial charge in [-0.05, 0) is 20.0 Å². The summed E-state index contributed by atoms with van der Waals surface area (Å²) in [6.45, 7) is 2.27. The highest BCUT2D eigenvalue weighted by Gasteiger charge is 2.12. The molecule has 1 unspecified atom stereocenters. The number of rotatable bonds is 7. The zero-order valence-corrected chi connectivity index (χ0v) is 15.2. The third-order valence-electron chi connectivity index (χ3n) is 3.41. The van der Waals surface area contributed by atoms with E-state index < -0.39 is 5.82 Å². The number of hydrazine groups is 1. The van der Waals surface area contributed by atoms with Gasteiger partial charge in [0.05, 0.1) is 17.6 Å². The molecule has 0 aliphatic heterocycles. The summed E-state index contributed by atoms with van der Waals surface area (Å²) < 4.78 is 15.6. The first-order chi connectivity index (χ1) is 12.1. The van der Waals surface area contributed by atoms with E-state index in [0.717, 1.165) is 5.01 Å². The minimum absolute atomic E-state index is 0.0430. The minimum atomic E-state index is -0.422. The molecule has 10 heteroatoms. The summed E-state index contributed by atoms with van der Waals surface area (Å²) in [7, 11) is 1.80. The molecule has 0 saturated heterocycles. The molecule has 3 rings (SSSR count). The van der Waals surface area contributed by atoms with Crippen LogP contribution in [0.25, 0.3) is 0 Å². The molecule has 0 spiro atoms. The molecule has 0 fully saturated rings. The predicted molar refractivity (Wildman–Crippen MR) is 96.5 cm³/mol. The second-order valence-electron chi connectivity index (χ2n) is 5.30. The molecule has 2 aromatic heterocycles. The van der Waals surface area contributed by atoms with E-state index in [2.05, 4.69) is 31.5 Å². The van der Waals surface area contributed by atoms with Crippen molar-refractivity contribution in [1.29, 1.82) is 0 Å². The topological polar surface area (TPSA) is 79.7 Å². The summed E-state index contributed by atoms with van der Waals surface area (Å²) in [6.07, 6.45) is 1.76. The van der Waals surface area contributed by atoms with Gasteiger partial charge in [-0.3, -0.25) is 10.1 Å². The average Bonchev–Trinajstić information content (AvgIpc) is 3.22. The normalized spacial score (nSPS) is 12.3. The van der Waals surface area contributed by atoms with Crippen molar-refractivity contribution in [2.75, 3.05) is 12.4 Å². The fourth-order valence-corrected chi connectivity index (χ4v) is 3.16. The molecule has 132 valence electrons. The standard InChI is InChI=1S/C15H17ClFN7S/c1-9(20-18-2)14-21-22-15(25-14)19-12-6-7-24(23-12)8-10-4-3-5-11(16)13(10)17/h3-7,9,18,20H,8H2,1-2H3,(H,19,22,23). The van der Waals surface area contributed by atoms with Gasteiger partial charge in [0, 0.05) is 17.8 Å². The van der Waals surface area contributed by atoms with Gasteiger partial charge in [-0.2, -0.15) is 5.10 Å². The van der Waals surface area contributed by atoms with Crippen LogP contribution in [0.3, 0.4) is 0 Å². The van der Waals surface area contributed by atoms with E-state index in [9.17, 15) is 4.39 Å². The highest BCUT2D eigenvalue weighted by atomic mass is 35.5. The summed E-state index contributed by atoms with van der Waals surface area (Å²) in [4.78, 5) is 0. The highest BCUT2D eigenvalue weighted by Crippen LogP contribution is 2.24. The van der Waals surface area contributed by atoms with Gasteiger partial charge in [-0.1, -0.05) is 35.1 Å². The third-order valence-corrected chi connectivity index (χ3v) is 4.72. The second-order valence-corrected chi connectivity index (χ2v) is 6.71. The van der Waals surface area contributed by atoms with Gasteiger partial charge in [0.25, 0.3) is 0 Å². The first-order valence-corrected chi connectivity index (χ1v) is 8.75. The summed E-state index contributed by atoms with van der Waals surface area (Å²) in [5.74, 6) is 0.188. The van der Waals surface area contributed by atoms with Crippen LogP contribution in [0.5, 0.6) is 0 Å². The van der Waals surface area contributed by atoms with Crippen molar-refractivity contribution in [1.82, 2.24) is 30.8 Å². The zero-order chi connectivity index (χ0) is 17.8. The van der Waals surface area contributed by atoms with E-state index in [1.54, 1.807) is 36.1 Å². The first-order valence-electron chi connectivity index (χ1n) is 7.56. The molecule has 2 heterocycles. The Morgan fingerprint density at radius 1 is 1.32 bits per heavy atom. The van der Waals surface area contributed by atoms with Gasteiger partial charge in [0.1, 0.15) is 10.8 Å². The number of hydrogen-bond donors (Lipinski definition) is 3. The molecule has 1 aromatic carbocycles. The second kappa shape index (κ2) is 7.87. The molecule has 0 bridgehead atoms. The van der Waals surface area contributed by atoms with E-state index in [-0.39, 0.29) is 11.1 Å². The van der Waals surface area contributed by atoms with Crippen LogP contribution in [0, 0.1) is 5.82 Å². The molecule has 0 aliphatic rings. The quantitative estimate of drug-likeness (QED) is 0.546. The van der Waals surface area contributed by atoms with Crippen LogP contribution in [0.15, 0.2) is 30.5 Å². The van der Waals surface area contributed by atoms with Crippen LogP contribution < -0.4 is 16.2 Å². The van der Waals surface area contributed by atoms with E-state index >= 15 is 0 Å².